The van der Waals surface area contributed by atoms with Gasteiger partial charge in [-0.05, 0) is 12.1 Å². The number of nitrogens with zero attached hydrogens (tertiary/aromatic N) is 2. The summed E-state index contributed by atoms with van der Waals surface area (Å²) in [7, 11) is 0. The van der Waals surface area contributed by atoms with Crippen molar-refractivity contribution in [3.8, 4) is 11.8 Å². The maximum atomic E-state index is 13.4. The van der Waals surface area contributed by atoms with Gasteiger partial charge in [-0.25, -0.2) is 4.39 Å². The van der Waals surface area contributed by atoms with Crippen LogP contribution in [0.1, 0.15) is 18.6 Å². The number of halogens is 4. The first-order valence-electron chi connectivity index (χ1n) is 9.95. The lowest BCUT2D eigenvalue weighted by atomic mass is 10.3. The Balaban J connectivity index is 1.35. The van der Waals surface area contributed by atoms with E-state index >= 15 is 0 Å². The van der Waals surface area contributed by atoms with E-state index < -0.39 is 43.2 Å². The maximum absolute atomic E-state index is 13.4. The Bertz CT molecular complexity index is 971. The highest BCUT2D eigenvalue weighted by Gasteiger charge is 2.30. The average Bonchev–Trinajstić information content (AvgIpc) is 3.27. The van der Waals surface area contributed by atoms with E-state index in [1.807, 2.05) is 0 Å². The molecule has 2 aromatic rings. The third kappa shape index (κ3) is 7.87. The van der Waals surface area contributed by atoms with Crippen LogP contribution in [0.2, 0.25) is 5.02 Å². The number of carbonyl (C=O) groups is 1. The fraction of sp³-hybridized carbons (Fsp3) is 0.450. The molecule has 3 rings (SSSR count). The van der Waals surface area contributed by atoms with Crippen LogP contribution >= 0.6 is 11.6 Å². The van der Waals surface area contributed by atoms with E-state index in [0.717, 1.165) is 12.1 Å². The Morgan fingerprint density at radius 3 is 2.74 bits per heavy atom. The molecule has 1 aromatic carbocycles. The molecule has 0 radical (unpaired) electrons. The lowest BCUT2D eigenvalue weighted by molar-refractivity contribution is -0.238. The number of amides is 1. The second-order valence-electron chi connectivity index (χ2n) is 6.86. The number of hydrogen-bond donors (Lipinski definition) is 1. The molecule has 1 fully saturated rings. The largest absolute Gasteiger partial charge is 0.484 e. The molecular weight excluding hydrogens is 487 g/mol. The fourth-order valence-electron chi connectivity index (χ4n) is 2.63. The molecule has 0 saturated carbocycles. The molecule has 0 atom stereocenters. The van der Waals surface area contributed by atoms with Crippen LogP contribution in [0.25, 0.3) is 0 Å². The Labute approximate surface area is 196 Å². The highest BCUT2D eigenvalue weighted by atomic mass is 35.5. The van der Waals surface area contributed by atoms with Crippen LogP contribution in [0.15, 0.2) is 35.3 Å². The van der Waals surface area contributed by atoms with Crippen molar-refractivity contribution in [2.24, 2.45) is 0 Å². The second kappa shape index (κ2) is 12.0. The highest BCUT2D eigenvalue weighted by Crippen LogP contribution is 2.24. The normalized spacial score (nSPS) is 18.4. The molecule has 0 aliphatic carbocycles. The van der Waals surface area contributed by atoms with E-state index in [-0.39, 0.29) is 49.2 Å². The van der Waals surface area contributed by atoms with Crippen molar-refractivity contribution in [2.75, 3.05) is 33.0 Å². The summed E-state index contributed by atoms with van der Waals surface area (Å²) in [6.45, 7) is 2.34. The van der Waals surface area contributed by atoms with Gasteiger partial charge >= 0.3 is 12.2 Å². The van der Waals surface area contributed by atoms with Gasteiger partial charge in [0, 0.05) is 6.07 Å². The average molecular weight is 508 g/mol. The smallest absolute Gasteiger partial charge is 0.414 e. The third-order valence-electron chi connectivity index (χ3n) is 4.15. The first-order valence-corrected chi connectivity index (χ1v) is 10.3. The quantitative estimate of drug-likeness (QED) is 0.342. The Kier molecular flexibility index (Phi) is 9.10. The van der Waals surface area contributed by atoms with Gasteiger partial charge in [-0.2, -0.15) is 8.78 Å². The third-order valence-corrected chi connectivity index (χ3v) is 4.46. The van der Waals surface area contributed by atoms with Gasteiger partial charge in [0.1, 0.15) is 18.2 Å². The van der Waals surface area contributed by atoms with E-state index in [9.17, 15) is 18.0 Å². The zero-order valence-corrected chi connectivity index (χ0v) is 18.4. The summed E-state index contributed by atoms with van der Waals surface area (Å²) < 4.78 is 70.5. The van der Waals surface area contributed by atoms with Crippen LogP contribution in [-0.4, -0.2) is 61.3 Å². The van der Waals surface area contributed by atoms with E-state index in [1.54, 1.807) is 0 Å². The molecule has 2 heterocycles. The van der Waals surface area contributed by atoms with Crippen molar-refractivity contribution in [3.05, 3.63) is 47.6 Å². The van der Waals surface area contributed by atoms with Gasteiger partial charge in [0.25, 0.3) is 11.8 Å². The number of carbonyl (C=O) groups excluding carboxylic acids is 1. The Hall–Kier alpha value is -2.87. The molecule has 0 bridgehead atoms. The van der Waals surface area contributed by atoms with Crippen molar-refractivity contribution >= 4 is 17.5 Å². The van der Waals surface area contributed by atoms with E-state index in [4.69, 9.17) is 35.0 Å². The number of benzene rings is 1. The molecule has 1 amide bonds. The van der Waals surface area contributed by atoms with Crippen LogP contribution < -0.4 is 14.8 Å². The van der Waals surface area contributed by atoms with Gasteiger partial charge in [-0.15, -0.1) is 11.7 Å². The number of ether oxygens (including phenoxy) is 5. The summed E-state index contributed by atoms with van der Waals surface area (Å²) in [4.78, 5) is 12.0. The van der Waals surface area contributed by atoms with Crippen molar-refractivity contribution in [2.45, 2.75) is 24.9 Å². The van der Waals surface area contributed by atoms with Crippen LogP contribution in [0.5, 0.6) is 11.8 Å². The minimum Gasteiger partial charge on any atom is -0.484 e. The zero-order valence-electron chi connectivity index (χ0n) is 17.7. The van der Waals surface area contributed by atoms with Crippen LogP contribution in [-0.2, 0) is 19.0 Å². The standard InChI is InChI=1S/C20H21ClF3N3O7/c1-2-5-20(23,24)33-7-6-29-19-27-26-17(34-19)18-31-9-12(10-32-18)25-16(28)11-30-13-3-4-14(21)15(22)8-13/h2-4,8,12,18H,1,5-7,9-11H2,(H,25,28). The molecular formula is C20H21ClF3N3O7. The van der Waals surface area contributed by atoms with Gasteiger partial charge in [0.15, 0.2) is 6.61 Å². The van der Waals surface area contributed by atoms with Crippen LogP contribution in [0.4, 0.5) is 13.2 Å². The summed E-state index contributed by atoms with van der Waals surface area (Å²) >= 11 is 5.59. The van der Waals surface area contributed by atoms with Gasteiger partial charge in [0.05, 0.1) is 37.3 Å². The molecule has 0 unspecified atom stereocenters. The first-order chi connectivity index (χ1) is 16.3. The number of rotatable bonds is 12. The summed E-state index contributed by atoms with van der Waals surface area (Å²) in [5.41, 5.74) is 0. The number of hydrogen-bond acceptors (Lipinski definition) is 9. The van der Waals surface area contributed by atoms with Crippen LogP contribution in [0.3, 0.4) is 0 Å². The predicted octanol–water partition coefficient (Wildman–Crippen LogP) is 3.04. The van der Waals surface area contributed by atoms with Gasteiger partial charge in [-0.1, -0.05) is 22.8 Å². The molecule has 186 valence electrons. The minimum absolute atomic E-state index is 0.0502. The summed E-state index contributed by atoms with van der Waals surface area (Å²) in [6.07, 6.45) is -4.18. The number of aromatic nitrogens is 2. The van der Waals surface area contributed by atoms with E-state index in [0.29, 0.717) is 0 Å². The second-order valence-corrected chi connectivity index (χ2v) is 7.27. The molecule has 14 heteroatoms. The molecule has 1 aliphatic rings. The number of nitrogens with one attached hydrogen (secondary N) is 1. The topological polar surface area (TPSA) is 114 Å². The minimum atomic E-state index is -3.33. The lowest BCUT2D eigenvalue weighted by Crippen LogP contribution is -2.46. The molecule has 1 aromatic heterocycles. The van der Waals surface area contributed by atoms with Crippen molar-refractivity contribution < 1.29 is 46.1 Å². The summed E-state index contributed by atoms with van der Waals surface area (Å²) in [5.74, 6) is -1.03. The van der Waals surface area contributed by atoms with Crippen LogP contribution in [0, 0.1) is 5.82 Å². The molecule has 0 spiro atoms. The monoisotopic (exact) mass is 507 g/mol. The highest BCUT2D eigenvalue weighted by molar-refractivity contribution is 6.30. The first kappa shape index (κ1) is 25.7. The molecule has 1 N–H and O–H groups in total. The zero-order chi connectivity index (χ0) is 24.6. The molecule has 1 saturated heterocycles. The van der Waals surface area contributed by atoms with Crippen molar-refractivity contribution in [3.63, 3.8) is 0 Å². The Morgan fingerprint density at radius 1 is 1.26 bits per heavy atom. The van der Waals surface area contributed by atoms with E-state index in [1.165, 1.54) is 12.1 Å². The van der Waals surface area contributed by atoms with Gasteiger partial charge < -0.3 is 33.4 Å². The Morgan fingerprint density at radius 2 is 2.03 bits per heavy atom. The molecule has 1 aliphatic heterocycles. The van der Waals surface area contributed by atoms with E-state index in [2.05, 4.69) is 26.8 Å². The maximum Gasteiger partial charge on any atom is 0.414 e. The van der Waals surface area contributed by atoms with Gasteiger partial charge in [0.2, 0.25) is 6.29 Å². The summed E-state index contributed by atoms with van der Waals surface area (Å²) in [5, 5.41) is 9.92. The number of alkyl halides is 2. The molecule has 10 nitrogen and oxygen atoms in total. The SMILES string of the molecule is C=CCC(F)(F)OCCOc1nnc(C2OCC(NC(=O)COc3ccc(Cl)c(F)c3)CO2)o1. The lowest BCUT2D eigenvalue weighted by Gasteiger charge is -2.27. The van der Waals surface area contributed by atoms with Crippen molar-refractivity contribution in [1.29, 1.82) is 0 Å². The fourth-order valence-corrected chi connectivity index (χ4v) is 2.75. The molecule has 34 heavy (non-hydrogen) atoms. The summed E-state index contributed by atoms with van der Waals surface area (Å²) in [6, 6.07) is 3.34. The van der Waals surface area contributed by atoms with Crippen molar-refractivity contribution in [1.82, 2.24) is 15.5 Å². The van der Waals surface area contributed by atoms with Gasteiger partial charge in [-0.3, -0.25) is 4.79 Å². The predicted molar refractivity (Wildman–Crippen MR) is 109 cm³/mol.